The number of Topliss-reactive ketones (excluding diaryl/α,β-unsaturated/α-hetero) is 2. The lowest BCUT2D eigenvalue weighted by Gasteiger charge is -2.40. The zero-order chi connectivity index (χ0) is 37.6. The van der Waals surface area contributed by atoms with E-state index < -0.39 is 6.04 Å². The fourth-order valence-corrected chi connectivity index (χ4v) is 9.89. The second kappa shape index (κ2) is 14.9. The van der Waals surface area contributed by atoms with Crippen molar-refractivity contribution in [3.05, 3.63) is 118 Å². The number of aromatic nitrogens is 1. The van der Waals surface area contributed by atoms with Crippen LogP contribution in [0.2, 0.25) is 0 Å². The number of phenols is 1. The van der Waals surface area contributed by atoms with Crippen molar-refractivity contribution in [1.29, 1.82) is 0 Å². The molecule has 5 aliphatic rings. The molecule has 1 N–H and O–H groups in total. The molecule has 1 unspecified atom stereocenters. The summed E-state index contributed by atoms with van der Waals surface area (Å²) in [5.41, 5.74) is 7.38. The van der Waals surface area contributed by atoms with Crippen LogP contribution in [0.5, 0.6) is 5.75 Å². The van der Waals surface area contributed by atoms with Gasteiger partial charge in [0.2, 0.25) is 0 Å². The van der Waals surface area contributed by atoms with Crippen LogP contribution < -0.4 is 9.80 Å². The molecule has 9 rings (SSSR count). The van der Waals surface area contributed by atoms with E-state index >= 15 is 0 Å². The Bertz CT molecular complexity index is 2090. The summed E-state index contributed by atoms with van der Waals surface area (Å²) in [4.78, 5) is 51.3. The maximum atomic E-state index is 13.8. The molecule has 0 bridgehead atoms. The molecule has 1 saturated carbocycles. The van der Waals surface area contributed by atoms with Crippen LogP contribution in [0.4, 0.5) is 15.9 Å². The molecular formula is C45H48FN5O4. The van der Waals surface area contributed by atoms with E-state index in [1.807, 2.05) is 30.3 Å². The minimum atomic E-state index is -0.524. The molecule has 4 heterocycles. The molecule has 10 heteroatoms. The summed E-state index contributed by atoms with van der Waals surface area (Å²) < 4.78 is 13.8. The lowest BCUT2D eigenvalue weighted by Crippen LogP contribution is -2.49. The van der Waals surface area contributed by atoms with Crippen LogP contribution in [-0.4, -0.2) is 89.2 Å². The molecule has 3 aromatic carbocycles. The van der Waals surface area contributed by atoms with Crippen LogP contribution in [0.25, 0.3) is 0 Å². The zero-order valence-corrected chi connectivity index (χ0v) is 31.2. The van der Waals surface area contributed by atoms with Gasteiger partial charge in [-0.15, -0.1) is 0 Å². The minimum absolute atomic E-state index is 0.0394. The van der Waals surface area contributed by atoms with Crippen LogP contribution in [0, 0.1) is 11.7 Å². The molecule has 2 saturated heterocycles. The lowest BCUT2D eigenvalue weighted by atomic mass is 9.69. The van der Waals surface area contributed by atoms with Gasteiger partial charge in [0.25, 0.3) is 5.91 Å². The Labute approximate surface area is 321 Å². The normalized spacial score (nSPS) is 23.6. The number of pyridine rings is 1. The van der Waals surface area contributed by atoms with Gasteiger partial charge in [0.1, 0.15) is 23.2 Å². The molecule has 2 aliphatic carbocycles. The quantitative estimate of drug-likeness (QED) is 0.216. The van der Waals surface area contributed by atoms with Crippen LogP contribution in [0.15, 0.2) is 78.9 Å². The third-order valence-corrected chi connectivity index (χ3v) is 12.9. The monoisotopic (exact) mass is 741 g/mol. The molecule has 9 nitrogen and oxygen atoms in total. The molecule has 3 fully saturated rings. The topological polar surface area (TPSA) is 97.3 Å². The number of aryl methyl sites for hydroxylation is 1. The van der Waals surface area contributed by atoms with Crippen molar-refractivity contribution in [2.75, 3.05) is 55.6 Å². The number of piperidine rings is 1. The number of ketones is 2. The summed E-state index contributed by atoms with van der Waals surface area (Å²) in [6.07, 6.45) is 4.82. The summed E-state index contributed by atoms with van der Waals surface area (Å²) in [6, 6.07) is 25.1. The number of nitrogens with zero attached hydrogens (tertiary/aromatic N) is 5. The third kappa shape index (κ3) is 7.12. The first kappa shape index (κ1) is 35.6. The van der Waals surface area contributed by atoms with E-state index in [1.165, 1.54) is 22.4 Å². The fraction of sp³-hybridized carbons (Fsp3) is 0.422. The Kier molecular flexibility index (Phi) is 9.62. The smallest absolute Gasteiger partial charge is 0.256 e. The van der Waals surface area contributed by atoms with Crippen molar-refractivity contribution in [2.45, 2.75) is 69.4 Å². The lowest BCUT2D eigenvalue weighted by molar-refractivity contribution is -0.133. The summed E-state index contributed by atoms with van der Waals surface area (Å²) in [5.74, 6) is 1.64. The highest BCUT2D eigenvalue weighted by molar-refractivity contribution is 6.07. The van der Waals surface area contributed by atoms with E-state index in [0.717, 1.165) is 88.6 Å². The molecule has 4 aromatic rings. The van der Waals surface area contributed by atoms with Gasteiger partial charge in [-0.05, 0) is 115 Å². The average Bonchev–Trinajstić information content (AvgIpc) is 3.53. The minimum Gasteiger partial charge on any atom is -0.508 e. The van der Waals surface area contributed by atoms with Crippen LogP contribution in [0.1, 0.15) is 88.7 Å². The molecule has 3 atom stereocenters. The van der Waals surface area contributed by atoms with Crippen LogP contribution >= 0.6 is 0 Å². The van der Waals surface area contributed by atoms with Crippen LogP contribution in [0.3, 0.4) is 0 Å². The number of aromatic hydroxyl groups is 1. The molecule has 55 heavy (non-hydrogen) atoms. The SMILES string of the molecule is O=C1CCC(N2Cc3nc(N4CCN(CC5CCN(c6ccc([C@H]7c8ccc(O)cc8CC[C@H]7c7ccc(F)cc7)cc6)CC5)CC4)ccc3C2=O)C(=O)C1. The van der Waals surface area contributed by atoms with E-state index in [4.69, 9.17) is 4.98 Å². The molecule has 1 amide bonds. The van der Waals surface area contributed by atoms with E-state index in [1.54, 1.807) is 23.1 Å². The number of rotatable bonds is 7. The number of hydrogen-bond donors (Lipinski definition) is 1. The predicted molar refractivity (Wildman–Crippen MR) is 209 cm³/mol. The predicted octanol–water partition coefficient (Wildman–Crippen LogP) is 6.47. The van der Waals surface area contributed by atoms with Gasteiger partial charge in [-0.2, -0.15) is 0 Å². The Morgan fingerprint density at radius 1 is 0.745 bits per heavy atom. The molecule has 0 radical (unpaired) electrons. The number of amides is 1. The first-order chi connectivity index (χ1) is 26.8. The van der Waals surface area contributed by atoms with Gasteiger partial charge in [-0.1, -0.05) is 30.3 Å². The summed E-state index contributed by atoms with van der Waals surface area (Å²) in [7, 11) is 0. The summed E-state index contributed by atoms with van der Waals surface area (Å²) in [6.45, 7) is 7.20. The number of carbonyl (C=O) groups is 3. The van der Waals surface area contributed by atoms with Crippen molar-refractivity contribution in [1.82, 2.24) is 14.8 Å². The van der Waals surface area contributed by atoms with Gasteiger partial charge in [0.15, 0.2) is 5.78 Å². The fourth-order valence-electron chi connectivity index (χ4n) is 9.89. The first-order valence-corrected chi connectivity index (χ1v) is 20.0. The maximum Gasteiger partial charge on any atom is 0.256 e. The Morgan fingerprint density at radius 2 is 1.49 bits per heavy atom. The number of piperazine rings is 1. The maximum absolute atomic E-state index is 13.8. The van der Waals surface area contributed by atoms with Gasteiger partial charge in [-0.3, -0.25) is 19.3 Å². The van der Waals surface area contributed by atoms with E-state index in [9.17, 15) is 23.9 Å². The van der Waals surface area contributed by atoms with Gasteiger partial charge < -0.3 is 19.8 Å². The first-order valence-electron chi connectivity index (χ1n) is 20.0. The highest BCUT2D eigenvalue weighted by Gasteiger charge is 2.40. The van der Waals surface area contributed by atoms with E-state index in [-0.39, 0.29) is 41.5 Å². The third-order valence-electron chi connectivity index (χ3n) is 12.9. The van der Waals surface area contributed by atoms with Crippen molar-refractivity contribution in [3.63, 3.8) is 0 Å². The van der Waals surface area contributed by atoms with Gasteiger partial charge in [0, 0.05) is 63.8 Å². The Morgan fingerprint density at radius 3 is 2.24 bits per heavy atom. The number of halogens is 1. The Hall–Kier alpha value is -5.09. The number of phenolic OH excluding ortho intramolecular Hbond substituents is 1. The number of fused-ring (bicyclic) bond motifs is 2. The largest absolute Gasteiger partial charge is 0.508 e. The van der Waals surface area contributed by atoms with Crippen molar-refractivity contribution >= 4 is 29.0 Å². The number of carbonyl (C=O) groups excluding carboxylic acids is 3. The van der Waals surface area contributed by atoms with Crippen LogP contribution in [-0.2, 0) is 22.6 Å². The summed E-state index contributed by atoms with van der Waals surface area (Å²) >= 11 is 0. The van der Waals surface area contributed by atoms with Gasteiger partial charge >= 0.3 is 0 Å². The Balaban J connectivity index is 0.783. The molecule has 284 valence electrons. The molecule has 0 spiro atoms. The van der Waals surface area contributed by atoms with Gasteiger partial charge in [-0.25, -0.2) is 9.37 Å². The van der Waals surface area contributed by atoms with Crippen molar-refractivity contribution in [2.24, 2.45) is 5.92 Å². The van der Waals surface area contributed by atoms with Gasteiger partial charge in [0.05, 0.1) is 30.3 Å². The number of anilines is 2. The highest BCUT2D eigenvalue weighted by Crippen LogP contribution is 2.47. The highest BCUT2D eigenvalue weighted by atomic mass is 19.1. The number of hydrogen-bond acceptors (Lipinski definition) is 8. The van der Waals surface area contributed by atoms with E-state index in [0.29, 0.717) is 36.6 Å². The second-order valence-corrected chi connectivity index (χ2v) is 16.2. The molecule has 3 aliphatic heterocycles. The standard InChI is InChI=1S/C45H48FN5O4/c46-33-6-1-30(2-7-33)37-12-5-32-25-35(52)10-13-38(32)44(37)31-3-8-34(9-4-31)49-19-17-29(18-20-49)27-48-21-23-50(24-22-48)43-16-14-39-40(47-43)28-51(45(39)55)41-15-11-36(53)26-42(41)54/h1-4,6-10,13-14,16,25,29,37,41,44,52H,5,11-12,15,17-24,26-28H2/t37-,41?,44+/m0/s1. The number of benzene rings is 3. The molecule has 1 aromatic heterocycles. The zero-order valence-electron chi connectivity index (χ0n) is 31.2. The molecular weight excluding hydrogens is 694 g/mol. The van der Waals surface area contributed by atoms with Crippen molar-refractivity contribution < 1.29 is 23.9 Å². The van der Waals surface area contributed by atoms with Crippen molar-refractivity contribution in [3.8, 4) is 5.75 Å². The second-order valence-electron chi connectivity index (χ2n) is 16.2. The average molecular weight is 742 g/mol. The van der Waals surface area contributed by atoms with E-state index in [2.05, 4.69) is 45.0 Å². The summed E-state index contributed by atoms with van der Waals surface area (Å²) in [5, 5.41) is 10.2.